The van der Waals surface area contributed by atoms with E-state index >= 15 is 0 Å². The quantitative estimate of drug-likeness (QED) is 0.853. The van der Waals surface area contributed by atoms with E-state index in [1.165, 1.54) is 5.69 Å². The lowest BCUT2D eigenvalue weighted by atomic mass is 9.91. The Morgan fingerprint density at radius 2 is 2.19 bits per heavy atom. The highest BCUT2D eigenvalue weighted by molar-refractivity contribution is 7.99. The van der Waals surface area contributed by atoms with Crippen LogP contribution >= 0.6 is 11.8 Å². The second kappa shape index (κ2) is 8.10. The molecule has 1 atom stereocenters. The van der Waals surface area contributed by atoms with Gasteiger partial charge in [-0.15, -0.1) is 0 Å². The summed E-state index contributed by atoms with van der Waals surface area (Å²) < 4.78 is 7.70. The van der Waals surface area contributed by atoms with Crippen LogP contribution < -0.4 is 5.32 Å². The zero-order chi connectivity index (χ0) is 18.8. The average molecular weight is 389 g/mol. The SMILES string of the molecule is CCn1nc(C(=O)N2CCSCC2)c2c1CCC(NCc1ccc(C)o1)C2. The zero-order valence-corrected chi connectivity index (χ0v) is 17.0. The summed E-state index contributed by atoms with van der Waals surface area (Å²) in [6.45, 7) is 7.26. The van der Waals surface area contributed by atoms with Crippen molar-refractivity contribution in [3.63, 3.8) is 0 Å². The molecule has 0 spiro atoms. The molecule has 7 heteroatoms. The molecule has 6 nitrogen and oxygen atoms in total. The molecule has 1 aliphatic carbocycles. The van der Waals surface area contributed by atoms with Crippen molar-refractivity contribution in [3.05, 3.63) is 40.6 Å². The number of aryl methyl sites for hydroxylation is 2. The zero-order valence-electron chi connectivity index (χ0n) is 16.2. The Balaban J connectivity index is 1.50. The molecule has 2 aliphatic rings. The molecule has 4 rings (SSSR count). The minimum Gasteiger partial charge on any atom is -0.465 e. The van der Waals surface area contributed by atoms with E-state index in [-0.39, 0.29) is 5.91 Å². The maximum absolute atomic E-state index is 13.1. The van der Waals surface area contributed by atoms with Crippen LogP contribution in [0.1, 0.15) is 46.6 Å². The average Bonchev–Trinajstić information content (AvgIpc) is 3.29. The van der Waals surface area contributed by atoms with Gasteiger partial charge in [0.05, 0.1) is 6.54 Å². The summed E-state index contributed by atoms with van der Waals surface area (Å²) in [5.41, 5.74) is 3.08. The molecule has 0 aromatic carbocycles. The van der Waals surface area contributed by atoms with Crippen molar-refractivity contribution >= 4 is 17.7 Å². The van der Waals surface area contributed by atoms with Crippen LogP contribution in [0.25, 0.3) is 0 Å². The first-order chi connectivity index (χ1) is 13.2. The van der Waals surface area contributed by atoms with Gasteiger partial charge in [-0.1, -0.05) is 0 Å². The third-order valence-corrected chi connectivity index (χ3v) is 6.45. The van der Waals surface area contributed by atoms with Crippen molar-refractivity contribution in [1.29, 1.82) is 0 Å². The Morgan fingerprint density at radius 3 is 2.89 bits per heavy atom. The third-order valence-electron chi connectivity index (χ3n) is 5.51. The number of thioether (sulfide) groups is 1. The van der Waals surface area contributed by atoms with E-state index in [1.807, 2.05) is 40.4 Å². The Labute approximate surface area is 164 Å². The van der Waals surface area contributed by atoms with E-state index in [1.54, 1.807) is 0 Å². The first-order valence-electron chi connectivity index (χ1n) is 9.90. The van der Waals surface area contributed by atoms with Crippen LogP contribution in [0, 0.1) is 6.92 Å². The van der Waals surface area contributed by atoms with E-state index in [0.717, 1.165) is 74.0 Å². The molecule has 1 N–H and O–H groups in total. The summed E-state index contributed by atoms with van der Waals surface area (Å²) in [6.07, 6.45) is 2.89. The monoisotopic (exact) mass is 388 g/mol. The second-order valence-electron chi connectivity index (χ2n) is 7.33. The highest BCUT2D eigenvalue weighted by atomic mass is 32.2. The number of amides is 1. The molecule has 27 heavy (non-hydrogen) atoms. The number of hydrogen-bond donors (Lipinski definition) is 1. The number of aromatic nitrogens is 2. The smallest absolute Gasteiger partial charge is 0.274 e. The Hall–Kier alpha value is -1.73. The number of nitrogens with zero attached hydrogens (tertiary/aromatic N) is 3. The van der Waals surface area contributed by atoms with E-state index in [9.17, 15) is 4.79 Å². The molecule has 0 bridgehead atoms. The summed E-state index contributed by atoms with van der Waals surface area (Å²) in [5, 5.41) is 8.32. The number of rotatable bonds is 5. The topological polar surface area (TPSA) is 63.3 Å². The molecule has 1 amide bonds. The molecular formula is C20H28N4O2S. The Bertz CT molecular complexity index is 807. The van der Waals surface area contributed by atoms with Crippen molar-refractivity contribution in [2.75, 3.05) is 24.6 Å². The van der Waals surface area contributed by atoms with Gasteiger partial charge in [0.15, 0.2) is 5.69 Å². The number of furan rings is 1. The minimum atomic E-state index is 0.112. The van der Waals surface area contributed by atoms with E-state index in [0.29, 0.717) is 11.7 Å². The van der Waals surface area contributed by atoms with Gasteiger partial charge in [-0.25, -0.2) is 0 Å². The summed E-state index contributed by atoms with van der Waals surface area (Å²) in [4.78, 5) is 15.1. The second-order valence-corrected chi connectivity index (χ2v) is 8.55. The lowest BCUT2D eigenvalue weighted by Crippen LogP contribution is -2.39. The largest absolute Gasteiger partial charge is 0.465 e. The van der Waals surface area contributed by atoms with Gasteiger partial charge >= 0.3 is 0 Å². The number of carbonyl (C=O) groups excluding carboxylic acids is 1. The van der Waals surface area contributed by atoms with Gasteiger partial charge in [0.1, 0.15) is 11.5 Å². The highest BCUT2D eigenvalue weighted by Crippen LogP contribution is 2.27. The van der Waals surface area contributed by atoms with Crippen LogP contribution in [0.3, 0.4) is 0 Å². The lowest BCUT2D eigenvalue weighted by Gasteiger charge is -2.27. The normalized spacial score (nSPS) is 19.9. The summed E-state index contributed by atoms with van der Waals surface area (Å²) in [6, 6.07) is 4.37. The van der Waals surface area contributed by atoms with Crippen molar-refractivity contribution in [2.45, 2.75) is 52.2 Å². The van der Waals surface area contributed by atoms with Crippen LogP contribution in [-0.4, -0.2) is 51.2 Å². The van der Waals surface area contributed by atoms with Crippen LogP contribution in [-0.2, 0) is 25.9 Å². The lowest BCUT2D eigenvalue weighted by molar-refractivity contribution is 0.0764. The van der Waals surface area contributed by atoms with Crippen LogP contribution in [0.5, 0.6) is 0 Å². The van der Waals surface area contributed by atoms with Crippen LogP contribution in [0.4, 0.5) is 0 Å². The Morgan fingerprint density at radius 1 is 1.37 bits per heavy atom. The molecule has 1 fully saturated rings. The van der Waals surface area contributed by atoms with E-state index < -0.39 is 0 Å². The van der Waals surface area contributed by atoms with Crippen molar-refractivity contribution < 1.29 is 9.21 Å². The van der Waals surface area contributed by atoms with Gasteiger partial charge in [0.25, 0.3) is 5.91 Å². The molecule has 1 aliphatic heterocycles. The molecule has 1 unspecified atom stereocenters. The van der Waals surface area contributed by atoms with Crippen LogP contribution in [0.2, 0.25) is 0 Å². The van der Waals surface area contributed by atoms with Gasteiger partial charge in [-0.3, -0.25) is 9.48 Å². The fourth-order valence-corrected chi connectivity index (χ4v) is 4.94. The van der Waals surface area contributed by atoms with Crippen molar-refractivity contribution in [3.8, 4) is 0 Å². The Kier molecular flexibility index (Phi) is 5.59. The molecular weight excluding hydrogens is 360 g/mol. The molecule has 146 valence electrons. The summed E-state index contributed by atoms with van der Waals surface area (Å²) in [5.74, 6) is 4.06. The predicted octanol–water partition coefficient (Wildman–Crippen LogP) is 2.64. The minimum absolute atomic E-state index is 0.112. The number of fused-ring (bicyclic) bond motifs is 1. The number of nitrogens with one attached hydrogen (secondary N) is 1. The van der Waals surface area contributed by atoms with Crippen molar-refractivity contribution in [2.24, 2.45) is 0 Å². The molecule has 2 aromatic rings. The summed E-state index contributed by atoms with van der Waals surface area (Å²) in [7, 11) is 0. The van der Waals surface area contributed by atoms with Gasteiger partial charge in [0.2, 0.25) is 0 Å². The highest BCUT2D eigenvalue weighted by Gasteiger charge is 2.31. The van der Waals surface area contributed by atoms with Crippen LogP contribution in [0.15, 0.2) is 16.5 Å². The molecule has 3 heterocycles. The maximum atomic E-state index is 13.1. The van der Waals surface area contributed by atoms with Gasteiger partial charge in [-0.2, -0.15) is 16.9 Å². The first-order valence-corrected chi connectivity index (χ1v) is 11.1. The fourth-order valence-electron chi connectivity index (χ4n) is 4.04. The molecule has 0 saturated carbocycles. The number of hydrogen-bond acceptors (Lipinski definition) is 5. The molecule has 1 saturated heterocycles. The summed E-state index contributed by atoms with van der Waals surface area (Å²) >= 11 is 1.92. The molecule has 2 aromatic heterocycles. The first kappa shape index (κ1) is 18.6. The third kappa shape index (κ3) is 3.94. The van der Waals surface area contributed by atoms with Gasteiger partial charge in [0, 0.05) is 48.4 Å². The standard InChI is InChI=1S/C20H28N4O2S/c1-3-24-18-7-5-15(21-13-16-6-4-14(2)26-16)12-17(18)19(22-24)20(25)23-8-10-27-11-9-23/h4,6,15,21H,3,5,7-13H2,1-2H3. The maximum Gasteiger partial charge on any atom is 0.274 e. The molecule has 0 radical (unpaired) electrons. The van der Waals surface area contributed by atoms with Gasteiger partial charge in [-0.05, 0) is 45.2 Å². The van der Waals surface area contributed by atoms with Gasteiger partial charge < -0.3 is 14.6 Å². The number of carbonyl (C=O) groups is 1. The fraction of sp³-hybridized carbons (Fsp3) is 0.600. The van der Waals surface area contributed by atoms with E-state index in [2.05, 4.69) is 12.2 Å². The predicted molar refractivity (Wildman–Crippen MR) is 107 cm³/mol. The van der Waals surface area contributed by atoms with Crippen molar-refractivity contribution in [1.82, 2.24) is 20.0 Å². The van der Waals surface area contributed by atoms with E-state index in [4.69, 9.17) is 9.52 Å².